The lowest BCUT2D eigenvalue weighted by molar-refractivity contribution is 0.0526. The number of nitrogens with zero attached hydrogens (tertiary/aromatic N) is 1. The zero-order valence-electron chi connectivity index (χ0n) is 11.8. The van der Waals surface area contributed by atoms with Gasteiger partial charge in [-0.3, -0.25) is 0 Å². The van der Waals surface area contributed by atoms with Crippen LogP contribution in [-0.2, 0) is 4.74 Å². The predicted molar refractivity (Wildman–Crippen MR) is 74.2 cm³/mol. The topological polar surface area (TPSA) is 71.5 Å². The Kier molecular flexibility index (Phi) is 5.76. The van der Waals surface area contributed by atoms with Gasteiger partial charge in [0.1, 0.15) is 5.82 Å². The first kappa shape index (κ1) is 15.4. The summed E-state index contributed by atoms with van der Waals surface area (Å²) in [5, 5.41) is 12.7. The van der Waals surface area contributed by atoms with Crippen LogP contribution in [0, 0.1) is 0 Å². The van der Waals surface area contributed by atoms with Gasteiger partial charge in [-0.25, -0.2) is 9.78 Å². The summed E-state index contributed by atoms with van der Waals surface area (Å²) in [6.45, 7) is 6.18. The van der Waals surface area contributed by atoms with Crippen molar-refractivity contribution in [2.24, 2.45) is 0 Å². The van der Waals surface area contributed by atoms with Gasteiger partial charge in [0.25, 0.3) is 0 Å². The van der Waals surface area contributed by atoms with Crippen molar-refractivity contribution in [3.63, 3.8) is 0 Å². The molecule has 0 aromatic carbocycles. The standard InChI is InChI=1S/C14H22N2O3/c1-4-14(5-2,10-17)16-12-8-7-11(9-15-12)13(18)19-6-3/h7-9,17H,4-6,10H2,1-3H3,(H,15,16). The van der Waals surface area contributed by atoms with Crippen LogP contribution in [0.15, 0.2) is 18.3 Å². The van der Waals surface area contributed by atoms with Crippen molar-refractivity contribution in [2.75, 3.05) is 18.5 Å². The van der Waals surface area contributed by atoms with E-state index < -0.39 is 0 Å². The molecule has 106 valence electrons. The fourth-order valence-electron chi connectivity index (χ4n) is 1.76. The van der Waals surface area contributed by atoms with E-state index in [4.69, 9.17) is 4.74 Å². The van der Waals surface area contributed by atoms with Gasteiger partial charge in [-0.2, -0.15) is 0 Å². The highest BCUT2D eigenvalue weighted by Gasteiger charge is 2.25. The average Bonchev–Trinajstić information content (AvgIpc) is 2.46. The van der Waals surface area contributed by atoms with Gasteiger partial charge in [-0.05, 0) is 31.9 Å². The van der Waals surface area contributed by atoms with E-state index in [0.29, 0.717) is 18.0 Å². The Bertz CT molecular complexity index is 391. The van der Waals surface area contributed by atoms with E-state index >= 15 is 0 Å². The first-order valence-corrected chi connectivity index (χ1v) is 6.63. The molecule has 0 aliphatic rings. The molecule has 2 N–H and O–H groups in total. The minimum atomic E-state index is -0.374. The normalized spacial score (nSPS) is 11.2. The Labute approximate surface area is 114 Å². The largest absolute Gasteiger partial charge is 0.462 e. The van der Waals surface area contributed by atoms with Crippen LogP contribution in [0.4, 0.5) is 5.82 Å². The van der Waals surface area contributed by atoms with Gasteiger partial charge in [-0.1, -0.05) is 13.8 Å². The smallest absolute Gasteiger partial charge is 0.339 e. The first-order valence-electron chi connectivity index (χ1n) is 6.63. The minimum absolute atomic E-state index is 0.0430. The van der Waals surface area contributed by atoms with Crippen LogP contribution in [0.2, 0.25) is 0 Å². The fraction of sp³-hybridized carbons (Fsp3) is 0.571. The summed E-state index contributed by atoms with van der Waals surface area (Å²) in [4.78, 5) is 15.7. The number of anilines is 1. The van der Waals surface area contributed by atoms with Gasteiger partial charge < -0.3 is 15.2 Å². The molecule has 5 heteroatoms. The van der Waals surface area contributed by atoms with Gasteiger partial charge in [-0.15, -0.1) is 0 Å². The Balaban J connectivity index is 2.79. The van der Waals surface area contributed by atoms with E-state index in [1.165, 1.54) is 6.20 Å². The number of nitrogens with one attached hydrogen (secondary N) is 1. The first-order chi connectivity index (χ1) is 9.10. The van der Waals surface area contributed by atoms with Crippen LogP contribution >= 0.6 is 0 Å². The SMILES string of the molecule is CCOC(=O)c1ccc(NC(CC)(CC)CO)nc1. The number of carbonyl (C=O) groups excluding carboxylic acids is 1. The van der Waals surface area contributed by atoms with Crippen molar-refractivity contribution in [3.05, 3.63) is 23.9 Å². The summed E-state index contributed by atoms with van der Waals surface area (Å²) >= 11 is 0. The third kappa shape index (κ3) is 3.92. The number of aromatic nitrogens is 1. The second-order valence-electron chi connectivity index (χ2n) is 4.42. The summed E-state index contributed by atoms with van der Waals surface area (Å²) in [7, 11) is 0. The third-order valence-electron chi connectivity index (χ3n) is 3.32. The molecule has 0 saturated heterocycles. The minimum Gasteiger partial charge on any atom is -0.462 e. The predicted octanol–water partition coefficient (Wildman–Crippen LogP) is 2.22. The molecular formula is C14H22N2O3. The van der Waals surface area contributed by atoms with Crippen LogP contribution in [0.1, 0.15) is 44.0 Å². The van der Waals surface area contributed by atoms with Crippen LogP contribution in [0.5, 0.6) is 0 Å². The Hall–Kier alpha value is -1.62. The maximum Gasteiger partial charge on any atom is 0.339 e. The molecule has 1 rings (SSSR count). The average molecular weight is 266 g/mol. The van der Waals surface area contributed by atoms with Crippen LogP contribution < -0.4 is 5.32 Å². The molecule has 0 radical (unpaired) electrons. The summed E-state index contributed by atoms with van der Waals surface area (Å²) in [5.41, 5.74) is 0.0633. The molecule has 0 atom stereocenters. The second kappa shape index (κ2) is 7.09. The Morgan fingerprint density at radius 1 is 1.37 bits per heavy atom. The maximum absolute atomic E-state index is 11.5. The fourth-order valence-corrected chi connectivity index (χ4v) is 1.76. The van der Waals surface area contributed by atoms with Gasteiger partial charge in [0.2, 0.25) is 0 Å². The highest BCUT2D eigenvalue weighted by Crippen LogP contribution is 2.20. The molecule has 0 spiro atoms. The van der Waals surface area contributed by atoms with Crippen molar-refractivity contribution < 1.29 is 14.6 Å². The van der Waals surface area contributed by atoms with Crippen molar-refractivity contribution in [1.29, 1.82) is 0 Å². The molecule has 0 aliphatic carbocycles. The lowest BCUT2D eigenvalue weighted by atomic mass is 9.94. The number of ether oxygens (including phenoxy) is 1. The summed E-state index contributed by atoms with van der Waals surface area (Å²) < 4.78 is 4.89. The molecule has 1 heterocycles. The number of hydrogen-bond acceptors (Lipinski definition) is 5. The molecule has 0 unspecified atom stereocenters. The van der Waals surface area contributed by atoms with E-state index in [2.05, 4.69) is 10.3 Å². The molecule has 19 heavy (non-hydrogen) atoms. The zero-order chi connectivity index (χ0) is 14.3. The van der Waals surface area contributed by atoms with Crippen molar-refractivity contribution in [1.82, 2.24) is 4.98 Å². The number of esters is 1. The van der Waals surface area contributed by atoms with Crippen molar-refractivity contribution in [3.8, 4) is 0 Å². The number of aliphatic hydroxyl groups is 1. The van der Waals surface area contributed by atoms with E-state index in [1.807, 2.05) is 13.8 Å². The molecule has 0 aliphatic heterocycles. The molecule has 1 aromatic heterocycles. The molecule has 5 nitrogen and oxygen atoms in total. The quantitative estimate of drug-likeness (QED) is 0.740. The number of aliphatic hydroxyl groups excluding tert-OH is 1. The second-order valence-corrected chi connectivity index (χ2v) is 4.42. The molecule has 0 fully saturated rings. The van der Waals surface area contributed by atoms with Crippen molar-refractivity contribution >= 4 is 11.8 Å². The van der Waals surface area contributed by atoms with Gasteiger partial charge in [0.05, 0.1) is 24.3 Å². The molecule has 1 aromatic rings. The van der Waals surface area contributed by atoms with E-state index in [1.54, 1.807) is 19.1 Å². The highest BCUT2D eigenvalue weighted by molar-refractivity contribution is 5.89. The molecule has 0 bridgehead atoms. The molecular weight excluding hydrogens is 244 g/mol. The van der Waals surface area contributed by atoms with Crippen LogP contribution in [0.25, 0.3) is 0 Å². The monoisotopic (exact) mass is 266 g/mol. The number of hydrogen-bond donors (Lipinski definition) is 2. The van der Waals surface area contributed by atoms with Gasteiger partial charge in [0.15, 0.2) is 0 Å². The molecule has 0 saturated carbocycles. The van der Waals surface area contributed by atoms with Crippen molar-refractivity contribution in [2.45, 2.75) is 39.2 Å². The number of carbonyl (C=O) groups is 1. The number of pyridine rings is 1. The van der Waals surface area contributed by atoms with Gasteiger partial charge >= 0.3 is 5.97 Å². The van der Waals surface area contributed by atoms with Crippen LogP contribution in [-0.4, -0.2) is 34.8 Å². The Morgan fingerprint density at radius 3 is 2.47 bits per heavy atom. The molecule has 0 amide bonds. The van der Waals surface area contributed by atoms with Crippen LogP contribution in [0.3, 0.4) is 0 Å². The van der Waals surface area contributed by atoms with E-state index in [9.17, 15) is 9.90 Å². The zero-order valence-corrected chi connectivity index (χ0v) is 11.8. The summed E-state index contributed by atoms with van der Waals surface area (Å²) in [6, 6.07) is 3.39. The lowest BCUT2D eigenvalue weighted by Gasteiger charge is -2.31. The highest BCUT2D eigenvalue weighted by atomic mass is 16.5. The third-order valence-corrected chi connectivity index (χ3v) is 3.32. The number of rotatable bonds is 7. The van der Waals surface area contributed by atoms with E-state index in [0.717, 1.165) is 12.8 Å². The Morgan fingerprint density at radius 2 is 2.05 bits per heavy atom. The van der Waals surface area contributed by atoms with E-state index in [-0.39, 0.29) is 18.1 Å². The maximum atomic E-state index is 11.5. The summed E-state index contributed by atoms with van der Waals surface area (Å²) in [5.74, 6) is 0.270. The lowest BCUT2D eigenvalue weighted by Crippen LogP contribution is -2.41. The summed E-state index contributed by atoms with van der Waals surface area (Å²) in [6.07, 6.45) is 3.07. The van der Waals surface area contributed by atoms with Gasteiger partial charge in [0, 0.05) is 6.20 Å².